The fourth-order valence-corrected chi connectivity index (χ4v) is 6.12. The van der Waals surface area contributed by atoms with Gasteiger partial charge in [-0.3, -0.25) is 4.79 Å². The van der Waals surface area contributed by atoms with Crippen molar-refractivity contribution in [2.45, 2.75) is 16.8 Å². The number of nitrogens with one attached hydrogen (secondary N) is 2. The number of hydrogen-bond donors (Lipinski definition) is 2. The summed E-state index contributed by atoms with van der Waals surface area (Å²) in [4.78, 5) is 13.7. The lowest BCUT2D eigenvalue weighted by molar-refractivity contribution is -0.123. The first kappa shape index (κ1) is 19.2. The average molecular weight is 471 g/mol. The monoisotopic (exact) mass is 470 g/mol. The molecule has 3 rings (SSSR count). The van der Waals surface area contributed by atoms with E-state index in [1.807, 2.05) is 23.6 Å². The summed E-state index contributed by atoms with van der Waals surface area (Å²) in [5.41, 5.74) is 0.579. The standard InChI is InChI=1S/C17H15BrN2O3S3/c18-14-8-9-15(25-14)26(22,23)20-16(12-5-2-1-3-6-12)17(21)19-11-13-7-4-10-24-13/h1-10,16,20H,11H2,(H,19,21). The molecule has 1 unspecified atom stereocenters. The number of carbonyl (C=O) groups is 1. The third-order valence-electron chi connectivity index (χ3n) is 3.50. The van der Waals surface area contributed by atoms with Crippen LogP contribution in [0.25, 0.3) is 0 Å². The first-order valence-electron chi connectivity index (χ1n) is 7.58. The number of carbonyl (C=O) groups excluding carboxylic acids is 1. The van der Waals surface area contributed by atoms with Crippen molar-refractivity contribution >= 4 is 54.5 Å². The highest BCUT2D eigenvalue weighted by Gasteiger charge is 2.28. The van der Waals surface area contributed by atoms with Crippen molar-refractivity contribution in [2.75, 3.05) is 0 Å². The van der Waals surface area contributed by atoms with Crippen LogP contribution in [0.3, 0.4) is 0 Å². The van der Waals surface area contributed by atoms with Gasteiger partial charge in [0.1, 0.15) is 10.3 Å². The summed E-state index contributed by atoms with van der Waals surface area (Å²) < 4.78 is 28.7. The Bertz CT molecular complexity index is 970. The second-order valence-electron chi connectivity index (χ2n) is 5.32. The van der Waals surface area contributed by atoms with Gasteiger partial charge in [-0.25, -0.2) is 8.42 Å². The quantitative estimate of drug-likeness (QED) is 0.549. The van der Waals surface area contributed by atoms with Gasteiger partial charge in [-0.05, 0) is 45.1 Å². The molecule has 1 atom stereocenters. The lowest BCUT2D eigenvalue weighted by Crippen LogP contribution is -2.39. The van der Waals surface area contributed by atoms with Crippen LogP contribution in [0, 0.1) is 0 Å². The van der Waals surface area contributed by atoms with E-state index in [9.17, 15) is 13.2 Å². The van der Waals surface area contributed by atoms with E-state index < -0.39 is 22.0 Å². The number of thiophene rings is 2. The number of amides is 1. The Balaban J connectivity index is 1.82. The summed E-state index contributed by atoms with van der Waals surface area (Å²) in [6.07, 6.45) is 0. The maximum absolute atomic E-state index is 12.7. The molecular formula is C17H15BrN2O3S3. The van der Waals surface area contributed by atoms with Crippen LogP contribution in [-0.2, 0) is 21.4 Å². The van der Waals surface area contributed by atoms with Crippen molar-refractivity contribution in [3.8, 4) is 0 Å². The smallest absolute Gasteiger partial charge is 0.251 e. The summed E-state index contributed by atoms with van der Waals surface area (Å²) >= 11 is 5.88. The normalized spacial score (nSPS) is 12.7. The number of hydrogen-bond acceptors (Lipinski definition) is 5. The third-order valence-corrected chi connectivity index (χ3v) is 7.91. The molecule has 2 aromatic heterocycles. The molecule has 2 N–H and O–H groups in total. The van der Waals surface area contributed by atoms with Crippen LogP contribution in [0.4, 0.5) is 0 Å². The van der Waals surface area contributed by atoms with Crippen molar-refractivity contribution < 1.29 is 13.2 Å². The van der Waals surface area contributed by atoms with Crippen molar-refractivity contribution in [3.63, 3.8) is 0 Å². The predicted octanol–water partition coefficient (Wildman–Crippen LogP) is 3.91. The largest absolute Gasteiger partial charge is 0.350 e. The van der Waals surface area contributed by atoms with Gasteiger partial charge in [0.15, 0.2) is 0 Å². The highest BCUT2D eigenvalue weighted by molar-refractivity contribution is 9.11. The number of halogens is 1. The summed E-state index contributed by atoms with van der Waals surface area (Å²) in [6.45, 7) is 0.353. The summed E-state index contributed by atoms with van der Waals surface area (Å²) in [7, 11) is -3.82. The van der Waals surface area contributed by atoms with Gasteiger partial charge in [0.2, 0.25) is 5.91 Å². The van der Waals surface area contributed by atoms with E-state index >= 15 is 0 Å². The molecule has 0 aliphatic carbocycles. The lowest BCUT2D eigenvalue weighted by Gasteiger charge is -2.18. The molecule has 0 saturated heterocycles. The molecule has 0 aliphatic rings. The highest BCUT2D eigenvalue weighted by atomic mass is 79.9. The zero-order valence-corrected chi connectivity index (χ0v) is 17.4. The van der Waals surface area contributed by atoms with Crippen LogP contribution in [0.5, 0.6) is 0 Å². The molecule has 0 aliphatic heterocycles. The van der Waals surface area contributed by atoms with E-state index in [2.05, 4.69) is 26.0 Å². The summed E-state index contributed by atoms with van der Waals surface area (Å²) in [5.74, 6) is -0.399. The molecule has 0 spiro atoms. The Kier molecular flexibility index (Phi) is 6.25. The maximum Gasteiger partial charge on any atom is 0.251 e. The molecule has 0 bridgehead atoms. The Morgan fingerprint density at radius 2 is 1.85 bits per heavy atom. The predicted molar refractivity (Wildman–Crippen MR) is 108 cm³/mol. The average Bonchev–Trinajstić information content (AvgIpc) is 3.30. The molecule has 2 heterocycles. The van der Waals surface area contributed by atoms with E-state index in [0.717, 1.165) is 16.2 Å². The van der Waals surface area contributed by atoms with Crippen molar-refractivity contribution in [1.82, 2.24) is 10.0 Å². The summed E-state index contributed by atoms with van der Waals surface area (Å²) in [5, 5.41) is 4.73. The topological polar surface area (TPSA) is 75.3 Å². The third kappa shape index (κ3) is 4.80. The van der Waals surface area contributed by atoms with Gasteiger partial charge in [-0.1, -0.05) is 36.4 Å². The van der Waals surface area contributed by atoms with Gasteiger partial charge in [-0.15, -0.1) is 22.7 Å². The molecule has 0 fully saturated rings. The molecule has 9 heteroatoms. The van der Waals surface area contributed by atoms with Crippen molar-refractivity contribution in [3.05, 3.63) is 74.2 Å². The van der Waals surface area contributed by atoms with Gasteiger partial charge in [0.05, 0.1) is 10.3 Å². The Morgan fingerprint density at radius 3 is 2.46 bits per heavy atom. The molecule has 136 valence electrons. The van der Waals surface area contributed by atoms with Gasteiger partial charge in [0, 0.05) is 4.88 Å². The van der Waals surface area contributed by atoms with Crippen LogP contribution in [-0.4, -0.2) is 14.3 Å². The van der Waals surface area contributed by atoms with Crippen LogP contribution in [0.1, 0.15) is 16.5 Å². The van der Waals surface area contributed by atoms with Crippen LogP contribution >= 0.6 is 38.6 Å². The number of benzene rings is 1. The minimum Gasteiger partial charge on any atom is -0.350 e. The highest BCUT2D eigenvalue weighted by Crippen LogP contribution is 2.27. The Morgan fingerprint density at radius 1 is 1.08 bits per heavy atom. The van der Waals surface area contributed by atoms with Gasteiger partial charge < -0.3 is 5.32 Å². The number of sulfonamides is 1. The van der Waals surface area contributed by atoms with E-state index in [1.165, 1.54) is 17.4 Å². The van der Waals surface area contributed by atoms with E-state index in [4.69, 9.17) is 0 Å². The lowest BCUT2D eigenvalue weighted by atomic mass is 10.1. The first-order valence-corrected chi connectivity index (χ1v) is 11.6. The molecule has 5 nitrogen and oxygen atoms in total. The molecule has 26 heavy (non-hydrogen) atoms. The molecule has 0 radical (unpaired) electrons. The van der Waals surface area contributed by atoms with Gasteiger partial charge in [-0.2, -0.15) is 4.72 Å². The Labute approximate surface area is 168 Å². The van der Waals surface area contributed by atoms with Crippen LogP contribution in [0.2, 0.25) is 0 Å². The molecule has 1 aromatic carbocycles. The molecular weight excluding hydrogens is 456 g/mol. The number of rotatable bonds is 7. The van der Waals surface area contributed by atoms with Gasteiger partial charge >= 0.3 is 0 Å². The van der Waals surface area contributed by atoms with E-state index in [-0.39, 0.29) is 4.21 Å². The van der Waals surface area contributed by atoms with Crippen molar-refractivity contribution in [1.29, 1.82) is 0 Å². The van der Waals surface area contributed by atoms with E-state index in [0.29, 0.717) is 15.9 Å². The van der Waals surface area contributed by atoms with Crippen LogP contribution < -0.4 is 10.0 Å². The Hall–Kier alpha value is -1.52. The minimum atomic E-state index is -3.82. The SMILES string of the molecule is O=C(NCc1cccs1)C(NS(=O)(=O)c1ccc(Br)s1)c1ccccc1. The fraction of sp³-hybridized carbons (Fsp3) is 0.118. The van der Waals surface area contributed by atoms with Crippen LogP contribution in [0.15, 0.2) is 68.0 Å². The van der Waals surface area contributed by atoms with Gasteiger partial charge in [0.25, 0.3) is 10.0 Å². The van der Waals surface area contributed by atoms with Crippen molar-refractivity contribution in [2.24, 2.45) is 0 Å². The zero-order valence-electron chi connectivity index (χ0n) is 13.4. The molecule has 0 saturated carbocycles. The maximum atomic E-state index is 12.7. The summed E-state index contributed by atoms with van der Waals surface area (Å²) in [6, 6.07) is 14.8. The second-order valence-corrected chi connectivity index (χ2v) is 10.8. The molecule has 3 aromatic rings. The fourth-order valence-electron chi connectivity index (χ4n) is 2.26. The first-order chi connectivity index (χ1) is 12.5. The molecule has 1 amide bonds. The van der Waals surface area contributed by atoms with E-state index in [1.54, 1.807) is 30.3 Å². The second kappa shape index (κ2) is 8.45. The zero-order chi connectivity index (χ0) is 18.6. The minimum absolute atomic E-state index is 0.149.